The molecule has 5 rings (SSSR count). The van der Waals surface area contributed by atoms with Crippen molar-refractivity contribution >= 4 is 11.0 Å². The monoisotopic (exact) mass is 432 g/mol. The molecule has 2 heterocycles. The molecule has 3 heteroatoms. The molecule has 0 saturated heterocycles. The highest BCUT2D eigenvalue weighted by atomic mass is 15.2. The van der Waals surface area contributed by atoms with Crippen LogP contribution >= 0.6 is 0 Å². The van der Waals surface area contributed by atoms with E-state index in [1.807, 2.05) is 12.4 Å². The van der Waals surface area contributed by atoms with Gasteiger partial charge in [-0.25, -0.2) is 4.57 Å². The van der Waals surface area contributed by atoms with Crippen LogP contribution in [0.5, 0.6) is 0 Å². The zero-order valence-electron chi connectivity index (χ0n) is 20.0. The third kappa shape index (κ3) is 3.64. The summed E-state index contributed by atoms with van der Waals surface area (Å²) in [6.45, 7) is 8.87. The predicted molar refractivity (Wildman–Crippen MR) is 137 cm³/mol. The molecule has 0 fully saturated rings. The molecule has 0 saturated carbocycles. The smallest absolute Gasteiger partial charge is 0.264 e. The van der Waals surface area contributed by atoms with Crippen molar-refractivity contribution in [3.8, 4) is 28.2 Å². The standard InChI is InChI=1S/C30H30N3/c1-20(2)25-18-24(23-9-7-6-8-10-23)12-14-27(25)33-29-17-21(3)11-13-28(29)32(5)30(33)26-19-31-16-15-22(26)4/h6-20H,1-5H3/q+1. The summed E-state index contributed by atoms with van der Waals surface area (Å²) >= 11 is 0. The van der Waals surface area contributed by atoms with Gasteiger partial charge in [0.1, 0.15) is 5.69 Å². The Morgan fingerprint density at radius 1 is 0.848 bits per heavy atom. The van der Waals surface area contributed by atoms with Crippen molar-refractivity contribution < 1.29 is 4.57 Å². The highest BCUT2D eigenvalue weighted by Gasteiger charge is 2.29. The van der Waals surface area contributed by atoms with Gasteiger partial charge in [-0.15, -0.1) is 0 Å². The molecule has 33 heavy (non-hydrogen) atoms. The number of rotatable bonds is 4. The first kappa shape index (κ1) is 21.1. The number of fused-ring (bicyclic) bond motifs is 1. The largest absolute Gasteiger partial charge is 0.296 e. The van der Waals surface area contributed by atoms with Gasteiger partial charge in [0, 0.05) is 18.0 Å². The van der Waals surface area contributed by atoms with Crippen molar-refractivity contribution in [2.75, 3.05) is 0 Å². The van der Waals surface area contributed by atoms with E-state index in [-0.39, 0.29) is 0 Å². The van der Waals surface area contributed by atoms with Crippen LogP contribution < -0.4 is 4.57 Å². The number of hydrogen-bond acceptors (Lipinski definition) is 1. The highest BCUT2D eigenvalue weighted by Crippen LogP contribution is 2.35. The van der Waals surface area contributed by atoms with E-state index < -0.39 is 0 Å². The molecule has 0 aliphatic carbocycles. The second-order valence-electron chi connectivity index (χ2n) is 9.20. The molecule has 3 nitrogen and oxygen atoms in total. The van der Waals surface area contributed by atoms with E-state index in [0.29, 0.717) is 5.92 Å². The minimum absolute atomic E-state index is 0.374. The summed E-state index contributed by atoms with van der Waals surface area (Å²) in [6, 6.07) is 26.3. The number of aromatic nitrogens is 3. The second-order valence-corrected chi connectivity index (χ2v) is 9.20. The van der Waals surface area contributed by atoms with E-state index in [0.717, 1.165) is 11.4 Å². The van der Waals surface area contributed by atoms with E-state index >= 15 is 0 Å². The zero-order chi connectivity index (χ0) is 23.1. The van der Waals surface area contributed by atoms with Gasteiger partial charge >= 0.3 is 0 Å². The van der Waals surface area contributed by atoms with Gasteiger partial charge in [0.15, 0.2) is 11.0 Å². The number of hydrogen-bond donors (Lipinski definition) is 0. The lowest BCUT2D eigenvalue weighted by Gasteiger charge is -2.15. The molecule has 0 spiro atoms. The molecular formula is C30H30N3+. The molecule has 0 amide bonds. The molecule has 5 aromatic rings. The van der Waals surface area contributed by atoms with Crippen molar-refractivity contribution in [3.05, 3.63) is 102 Å². The molecule has 3 aromatic carbocycles. The second kappa shape index (κ2) is 8.32. The molecule has 0 N–H and O–H groups in total. The lowest BCUT2D eigenvalue weighted by molar-refractivity contribution is -0.633. The van der Waals surface area contributed by atoms with Crippen LogP contribution in [-0.2, 0) is 7.05 Å². The number of nitrogens with zero attached hydrogens (tertiary/aromatic N) is 3. The maximum Gasteiger partial charge on any atom is 0.296 e. The van der Waals surface area contributed by atoms with Gasteiger partial charge in [-0.1, -0.05) is 56.3 Å². The van der Waals surface area contributed by atoms with Crippen LogP contribution in [0, 0.1) is 13.8 Å². The van der Waals surface area contributed by atoms with Crippen LogP contribution in [0.4, 0.5) is 0 Å². The van der Waals surface area contributed by atoms with Crippen molar-refractivity contribution in [2.45, 2.75) is 33.6 Å². The van der Waals surface area contributed by atoms with Crippen LogP contribution in [0.15, 0.2) is 85.2 Å². The van der Waals surface area contributed by atoms with Crippen molar-refractivity contribution in [2.24, 2.45) is 7.05 Å². The minimum Gasteiger partial charge on any atom is -0.264 e. The van der Waals surface area contributed by atoms with Gasteiger partial charge in [-0.2, -0.15) is 4.57 Å². The van der Waals surface area contributed by atoms with E-state index in [1.165, 1.54) is 44.5 Å². The summed E-state index contributed by atoms with van der Waals surface area (Å²) < 4.78 is 4.73. The lowest BCUT2D eigenvalue weighted by Crippen LogP contribution is -2.30. The topological polar surface area (TPSA) is 21.7 Å². The van der Waals surface area contributed by atoms with E-state index in [4.69, 9.17) is 0 Å². The number of benzene rings is 3. The van der Waals surface area contributed by atoms with Gasteiger partial charge in [0.05, 0.1) is 12.6 Å². The van der Waals surface area contributed by atoms with Gasteiger partial charge in [-0.05, 0) is 72.4 Å². The Labute approximate surface area is 196 Å². The summed E-state index contributed by atoms with van der Waals surface area (Å²) in [5, 5.41) is 0. The Hall–Kier alpha value is -3.72. The molecule has 0 atom stereocenters. The van der Waals surface area contributed by atoms with Crippen LogP contribution in [0.25, 0.3) is 39.2 Å². The van der Waals surface area contributed by atoms with Gasteiger partial charge in [0.25, 0.3) is 5.82 Å². The summed E-state index contributed by atoms with van der Waals surface area (Å²) in [5.74, 6) is 1.52. The van der Waals surface area contributed by atoms with Crippen LogP contribution in [0.1, 0.15) is 36.5 Å². The fourth-order valence-electron chi connectivity index (χ4n) is 4.75. The first-order valence-corrected chi connectivity index (χ1v) is 11.6. The van der Waals surface area contributed by atoms with Crippen molar-refractivity contribution in [1.82, 2.24) is 9.55 Å². The Morgan fingerprint density at radius 2 is 1.64 bits per heavy atom. The minimum atomic E-state index is 0.374. The SMILES string of the molecule is Cc1ccc2c(c1)n(-c1ccc(-c3ccccc3)cc1C(C)C)c(-c1cnccc1C)[n+]2C. The molecule has 0 radical (unpaired) electrons. The van der Waals surface area contributed by atoms with Crippen LogP contribution in [-0.4, -0.2) is 9.55 Å². The first-order valence-electron chi connectivity index (χ1n) is 11.6. The number of aryl methyl sites for hydroxylation is 3. The van der Waals surface area contributed by atoms with Crippen LogP contribution in [0.3, 0.4) is 0 Å². The van der Waals surface area contributed by atoms with Crippen LogP contribution in [0.2, 0.25) is 0 Å². The predicted octanol–water partition coefficient (Wildman–Crippen LogP) is 6.92. The Morgan fingerprint density at radius 3 is 2.36 bits per heavy atom. The zero-order valence-corrected chi connectivity index (χ0v) is 20.0. The van der Waals surface area contributed by atoms with Gasteiger partial charge in [0.2, 0.25) is 0 Å². The normalized spacial score (nSPS) is 11.5. The molecule has 164 valence electrons. The molecule has 0 aliphatic rings. The number of pyridine rings is 1. The summed E-state index contributed by atoms with van der Waals surface area (Å²) in [4.78, 5) is 4.47. The van der Waals surface area contributed by atoms with Gasteiger partial charge < -0.3 is 0 Å². The summed E-state index contributed by atoms with van der Waals surface area (Å²) in [6.07, 6.45) is 3.85. The van der Waals surface area contributed by atoms with Gasteiger partial charge in [-0.3, -0.25) is 4.98 Å². The average Bonchev–Trinajstić information content (AvgIpc) is 3.10. The quantitative estimate of drug-likeness (QED) is 0.282. The molecule has 0 aliphatic heterocycles. The number of imidazole rings is 1. The average molecular weight is 433 g/mol. The fourth-order valence-corrected chi connectivity index (χ4v) is 4.75. The first-order chi connectivity index (χ1) is 16.0. The maximum atomic E-state index is 4.47. The maximum absolute atomic E-state index is 4.47. The summed E-state index contributed by atoms with van der Waals surface area (Å²) in [7, 11) is 2.16. The summed E-state index contributed by atoms with van der Waals surface area (Å²) in [5.41, 5.74) is 11.1. The molecular weight excluding hydrogens is 402 g/mol. The Bertz CT molecular complexity index is 1460. The Balaban J connectivity index is 1.86. The lowest BCUT2D eigenvalue weighted by atomic mass is 9.95. The Kier molecular flexibility index (Phi) is 5.33. The van der Waals surface area contributed by atoms with Crippen molar-refractivity contribution in [1.29, 1.82) is 0 Å². The van der Waals surface area contributed by atoms with E-state index in [2.05, 4.69) is 122 Å². The van der Waals surface area contributed by atoms with Crippen molar-refractivity contribution in [3.63, 3.8) is 0 Å². The molecule has 2 aromatic heterocycles. The molecule has 0 bridgehead atoms. The highest BCUT2D eigenvalue weighted by molar-refractivity contribution is 5.81. The molecule has 0 unspecified atom stereocenters. The van der Waals surface area contributed by atoms with E-state index in [9.17, 15) is 0 Å². The fraction of sp³-hybridized carbons (Fsp3) is 0.200. The third-order valence-electron chi connectivity index (χ3n) is 6.54. The van der Waals surface area contributed by atoms with E-state index in [1.54, 1.807) is 0 Å². The third-order valence-corrected chi connectivity index (χ3v) is 6.54.